The maximum Gasteiger partial charge on any atom is 0.0770 e. The van der Waals surface area contributed by atoms with Crippen molar-refractivity contribution in [2.45, 2.75) is 64.5 Å². The SMILES string of the molecule is C[Si](C)(C)C1=CC([Si](C)(C)C)C=C1[Si](C)(C)C. The van der Waals surface area contributed by atoms with Crippen LogP contribution in [0.1, 0.15) is 0 Å². The van der Waals surface area contributed by atoms with E-state index in [9.17, 15) is 0 Å². The quantitative estimate of drug-likeness (QED) is 0.615. The molecular weight excluding hydrogens is 252 g/mol. The van der Waals surface area contributed by atoms with Crippen LogP contribution in [0.2, 0.25) is 64.5 Å². The molecular formula is C14H30Si3. The largest absolute Gasteiger partial charge is 0.0812 e. The molecule has 1 aliphatic carbocycles. The van der Waals surface area contributed by atoms with Gasteiger partial charge in [-0.1, -0.05) is 81.5 Å². The number of hydrogen-bond acceptors (Lipinski definition) is 0. The van der Waals surface area contributed by atoms with Crippen molar-refractivity contribution in [3.63, 3.8) is 0 Å². The number of hydrogen-bond donors (Lipinski definition) is 0. The van der Waals surface area contributed by atoms with E-state index in [1.54, 1.807) is 10.4 Å². The van der Waals surface area contributed by atoms with E-state index in [0.29, 0.717) is 0 Å². The summed E-state index contributed by atoms with van der Waals surface area (Å²) in [4.78, 5) is 0. The third kappa shape index (κ3) is 3.55. The summed E-state index contributed by atoms with van der Waals surface area (Å²) in [5, 5.41) is 3.56. The Morgan fingerprint density at radius 1 is 0.647 bits per heavy atom. The Morgan fingerprint density at radius 3 is 1.12 bits per heavy atom. The van der Waals surface area contributed by atoms with E-state index in [4.69, 9.17) is 0 Å². The van der Waals surface area contributed by atoms with E-state index in [0.717, 1.165) is 5.54 Å². The van der Waals surface area contributed by atoms with Gasteiger partial charge >= 0.3 is 0 Å². The maximum absolute atomic E-state index is 2.66. The van der Waals surface area contributed by atoms with Gasteiger partial charge in [0.25, 0.3) is 0 Å². The van der Waals surface area contributed by atoms with Crippen LogP contribution in [0, 0.1) is 0 Å². The molecule has 0 N–H and O–H groups in total. The molecule has 0 amide bonds. The highest BCUT2D eigenvalue weighted by Gasteiger charge is 2.37. The fourth-order valence-electron chi connectivity index (χ4n) is 2.39. The molecule has 0 atom stereocenters. The van der Waals surface area contributed by atoms with E-state index in [-0.39, 0.29) is 0 Å². The molecule has 0 nitrogen and oxygen atoms in total. The van der Waals surface area contributed by atoms with E-state index in [1.807, 2.05) is 0 Å². The first kappa shape index (κ1) is 15.2. The fourth-order valence-corrected chi connectivity index (χ4v) is 9.45. The number of rotatable bonds is 3. The Hall–Kier alpha value is 0.131. The second-order valence-electron chi connectivity index (χ2n) is 8.55. The van der Waals surface area contributed by atoms with Crippen LogP contribution in [0.15, 0.2) is 22.5 Å². The van der Waals surface area contributed by atoms with Crippen LogP contribution in [0.4, 0.5) is 0 Å². The van der Waals surface area contributed by atoms with Crippen molar-refractivity contribution in [1.82, 2.24) is 0 Å². The van der Waals surface area contributed by atoms with Gasteiger partial charge in [0.1, 0.15) is 0 Å². The second-order valence-corrected chi connectivity index (χ2v) is 24.0. The molecule has 0 aromatic heterocycles. The van der Waals surface area contributed by atoms with E-state index >= 15 is 0 Å². The lowest BCUT2D eigenvalue weighted by atomic mass is 10.5. The first-order valence-electron chi connectivity index (χ1n) is 6.78. The first-order chi connectivity index (χ1) is 7.33. The number of allylic oxidation sites excluding steroid dienone is 4. The lowest BCUT2D eigenvalue weighted by Gasteiger charge is -2.28. The van der Waals surface area contributed by atoms with Crippen LogP contribution in [0.25, 0.3) is 0 Å². The topological polar surface area (TPSA) is 0 Å². The van der Waals surface area contributed by atoms with Crippen molar-refractivity contribution in [3.8, 4) is 0 Å². The van der Waals surface area contributed by atoms with Crippen LogP contribution in [-0.4, -0.2) is 24.2 Å². The summed E-state index contributed by atoms with van der Waals surface area (Å²) >= 11 is 0. The molecule has 98 valence electrons. The molecule has 3 heteroatoms. The summed E-state index contributed by atoms with van der Waals surface area (Å²) < 4.78 is 0. The summed E-state index contributed by atoms with van der Waals surface area (Å²) in [7, 11) is -3.41. The third-order valence-corrected chi connectivity index (χ3v) is 10.3. The zero-order valence-electron chi connectivity index (χ0n) is 13.2. The van der Waals surface area contributed by atoms with Crippen molar-refractivity contribution < 1.29 is 0 Å². The minimum Gasteiger partial charge on any atom is -0.0812 e. The lowest BCUT2D eigenvalue weighted by Crippen LogP contribution is -2.33. The molecule has 0 saturated heterocycles. The summed E-state index contributed by atoms with van der Waals surface area (Å²) in [6, 6.07) is 0. The average molecular weight is 283 g/mol. The molecule has 0 radical (unpaired) electrons. The van der Waals surface area contributed by atoms with Crippen molar-refractivity contribution >= 4 is 24.2 Å². The average Bonchev–Trinajstić information content (AvgIpc) is 2.42. The molecule has 0 fully saturated rings. The Balaban J connectivity index is 3.24. The molecule has 17 heavy (non-hydrogen) atoms. The van der Waals surface area contributed by atoms with Gasteiger partial charge in [0.05, 0.1) is 24.2 Å². The van der Waals surface area contributed by atoms with Crippen molar-refractivity contribution in [2.24, 2.45) is 0 Å². The van der Waals surface area contributed by atoms with E-state index in [1.165, 1.54) is 0 Å². The Morgan fingerprint density at radius 2 is 0.941 bits per heavy atom. The molecule has 0 aromatic rings. The van der Waals surface area contributed by atoms with Gasteiger partial charge in [-0.05, 0) is 5.54 Å². The molecule has 1 aliphatic rings. The smallest absolute Gasteiger partial charge is 0.0770 e. The second kappa shape index (κ2) is 4.35. The highest BCUT2D eigenvalue weighted by molar-refractivity contribution is 6.93. The van der Waals surface area contributed by atoms with Crippen LogP contribution < -0.4 is 0 Å². The van der Waals surface area contributed by atoms with E-state index in [2.05, 4.69) is 71.1 Å². The third-order valence-electron chi connectivity index (χ3n) is 3.60. The van der Waals surface area contributed by atoms with Gasteiger partial charge < -0.3 is 0 Å². The maximum atomic E-state index is 2.66. The summed E-state index contributed by atoms with van der Waals surface area (Å²) in [6.07, 6.45) is 5.32. The minimum atomic E-state index is -1.17. The summed E-state index contributed by atoms with van der Waals surface area (Å²) in [6.45, 7) is 22.5. The van der Waals surface area contributed by atoms with Crippen molar-refractivity contribution in [2.75, 3.05) is 0 Å². The Labute approximate surface area is 111 Å². The first-order valence-corrected chi connectivity index (χ1v) is 17.4. The minimum absolute atomic E-state index is 0.783. The van der Waals surface area contributed by atoms with Crippen LogP contribution >= 0.6 is 0 Å². The summed E-state index contributed by atoms with van der Waals surface area (Å²) in [5.41, 5.74) is 0.783. The molecule has 0 saturated carbocycles. The summed E-state index contributed by atoms with van der Waals surface area (Å²) in [5.74, 6) is 0. The van der Waals surface area contributed by atoms with Gasteiger partial charge in [0, 0.05) is 0 Å². The Bertz CT molecular complexity index is 326. The molecule has 0 spiro atoms. The van der Waals surface area contributed by atoms with Crippen LogP contribution in [0.5, 0.6) is 0 Å². The van der Waals surface area contributed by atoms with Gasteiger partial charge in [0.15, 0.2) is 0 Å². The molecule has 0 unspecified atom stereocenters. The van der Waals surface area contributed by atoms with E-state index < -0.39 is 24.2 Å². The zero-order valence-corrected chi connectivity index (χ0v) is 16.2. The van der Waals surface area contributed by atoms with Crippen LogP contribution in [0.3, 0.4) is 0 Å². The van der Waals surface area contributed by atoms with Gasteiger partial charge in [-0.2, -0.15) is 0 Å². The van der Waals surface area contributed by atoms with Gasteiger partial charge in [0.2, 0.25) is 0 Å². The monoisotopic (exact) mass is 282 g/mol. The van der Waals surface area contributed by atoms with Gasteiger partial charge in [-0.3, -0.25) is 0 Å². The zero-order chi connectivity index (χ0) is 13.6. The van der Waals surface area contributed by atoms with Crippen molar-refractivity contribution in [1.29, 1.82) is 0 Å². The fraction of sp³-hybridized carbons (Fsp3) is 0.714. The van der Waals surface area contributed by atoms with Gasteiger partial charge in [-0.15, -0.1) is 0 Å². The molecule has 1 rings (SSSR count). The van der Waals surface area contributed by atoms with Gasteiger partial charge in [-0.25, -0.2) is 0 Å². The highest BCUT2D eigenvalue weighted by atomic mass is 28.3. The highest BCUT2D eigenvalue weighted by Crippen LogP contribution is 2.42. The van der Waals surface area contributed by atoms with Crippen LogP contribution in [-0.2, 0) is 0 Å². The normalized spacial score (nSPS) is 19.4. The predicted octanol–water partition coefficient (Wildman–Crippen LogP) is 5.32. The standard InChI is InChI=1S/C14H30Si3/c1-15(2,3)12-10-13(16(4,5)6)14(11-12)17(7,8)9/h10-12H,1-9H3. The predicted molar refractivity (Wildman–Crippen MR) is 90.0 cm³/mol. The molecule has 0 aliphatic heterocycles. The Kier molecular flexibility index (Phi) is 3.89. The molecule has 0 aromatic carbocycles. The molecule has 0 bridgehead atoms. The lowest BCUT2D eigenvalue weighted by molar-refractivity contribution is 1.29. The van der Waals surface area contributed by atoms with Crippen molar-refractivity contribution in [3.05, 3.63) is 22.5 Å². The molecule has 0 heterocycles.